The van der Waals surface area contributed by atoms with E-state index in [2.05, 4.69) is 44.6 Å². The Hall–Kier alpha value is -0.950. The number of hydrogen-bond donors (Lipinski definition) is 0. The van der Waals surface area contributed by atoms with Crippen LogP contribution in [0.1, 0.15) is 81.1 Å². The molecule has 0 aliphatic rings. The van der Waals surface area contributed by atoms with Crippen LogP contribution in [-0.2, 0) is 22.4 Å². The molecule has 0 saturated heterocycles. The Kier molecular flexibility index (Phi) is 5.66. The minimum Gasteiger partial charge on any atom is -0.249 e. The molecule has 0 aromatic carbocycles. The molecular weight excluding hydrogens is 377 g/mol. The first-order valence-corrected chi connectivity index (χ1v) is 10.3. The van der Waals surface area contributed by atoms with Crippen molar-refractivity contribution >= 4 is 22.7 Å². The molecule has 0 aliphatic carbocycles. The molecule has 0 radical (unpaired) electrons. The third kappa shape index (κ3) is 4.85. The quantitative estimate of drug-likeness (QED) is 0.539. The maximum absolute atomic E-state index is 12.8. The lowest BCUT2D eigenvalue weighted by Crippen LogP contribution is -2.23. The molecule has 0 unspecified atom stereocenters. The Bertz CT molecular complexity index is 685. The molecule has 2 rings (SSSR count). The van der Waals surface area contributed by atoms with Gasteiger partial charge in [-0.25, -0.2) is 9.97 Å². The van der Waals surface area contributed by atoms with Gasteiger partial charge in [0.25, 0.3) is 0 Å². The summed E-state index contributed by atoms with van der Waals surface area (Å²) >= 11 is 2.48. The fraction of sp³-hybridized carbons (Fsp3) is 0.684. The van der Waals surface area contributed by atoms with Crippen LogP contribution < -0.4 is 0 Å². The van der Waals surface area contributed by atoms with E-state index in [1.165, 1.54) is 11.1 Å². The summed E-state index contributed by atoms with van der Waals surface area (Å²) in [5, 5.41) is 0.313. The zero-order valence-electron chi connectivity index (χ0n) is 16.4. The third-order valence-electron chi connectivity index (χ3n) is 4.61. The second-order valence-corrected chi connectivity index (χ2v) is 11.1. The molecule has 2 nitrogen and oxygen atoms in total. The molecule has 0 spiro atoms. The van der Waals surface area contributed by atoms with Crippen molar-refractivity contribution in [1.82, 2.24) is 9.97 Å². The van der Waals surface area contributed by atoms with E-state index in [1.54, 1.807) is 11.3 Å². The van der Waals surface area contributed by atoms with Gasteiger partial charge in [-0.05, 0) is 18.3 Å². The van der Waals surface area contributed by atoms with E-state index < -0.39 is 11.2 Å². The number of hydrogen-bond acceptors (Lipinski definition) is 4. The van der Waals surface area contributed by atoms with E-state index >= 15 is 0 Å². The van der Waals surface area contributed by atoms with Gasteiger partial charge in [-0.3, -0.25) is 0 Å². The van der Waals surface area contributed by atoms with Gasteiger partial charge in [-0.15, -0.1) is 22.7 Å². The van der Waals surface area contributed by atoms with E-state index in [9.17, 15) is 13.2 Å². The average Bonchev–Trinajstić information content (AvgIpc) is 3.13. The Morgan fingerprint density at radius 3 is 1.65 bits per heavy atom. The number of nitrogens with zero attached hydrogens (tertiary/aromatic N) is 2. The second-order valence-electron chi connectivity index (χ2n) is 9.07. The summed E-state index contributed by atoms with van der Waals surface area (Å²) in [4.78, 5) is 10.1. The molecule has 26 heavy (non-hydrogen) atoms. The van der Waals surface area contributed by atoms with Gasteiger partial charge in [-0.1, -0.05) is 48.5 Å². The summed E-state index contributed by atoms with van der Waals surface area (Å²) in [6, 6.07) is 0. The van der Waals surface area contributed by atoms with Gasteiger partial charge in [0.05, 0.1) is 5.01 Å². The van der Waals surface area contributed by atoms with Crippen molar-refractivity contribution in [3.05, 3.63) is 32.2 Å². The normalized spacial score (nSPS) is 14.1. The summed E-state index contributed by atoms with van der Waals surface area (Å²) in [5.74, 6) is 0. The predicted octanol–water partition coefficient (Wildman–Crippen LogP) is 6.95. The molecule has 7 heteroatoms. The van der Waals surface area contributed by atoms with Crippen molar-refractivity contribution in [2.75, 3.05) is 0 Å². The van der Waals surface area contributed by atoms with Gasteiger partial charge in [-0.2, -0.15) is 13.2 Å². The lowest BCUT2D eigenvalue weighted by molar-refractivity contribution is -0.137. The van der Waals surface area contributed by atoms with Crippen molar-refractivity contribution in [3.8, 4) is 0 Å². The van der Waals surface area contributed by atoms with Crippen molar-refractivity contribution in [2.45, 2.75) is 83.7 Å². The van der Waals surface area contributed by atoms with Crippen molar-refractivity contribution in [2.24, 2.45) is 0 Å². The molecule has 0 aliphatic heterocycles. The third-order valence-corrected chi connectivity index (χ3v) is 7.81. The zero-order valence-corrected chi connectivity index (χ0v) is 18.0. The maximum Gasteiger partial charge on any atom is 0.443 e. The molecule has 146 valence electrons. The van der Waals surface area contributed by atoms with Crippen LogP contribution in [0.4, 0.5) is 13.2 Å². The monoisotopic (exact) mass is 404 g/mol. The highest BCUT2D eigenvalue weighted by Gasteiger charge is 2.37. The van der Waals surface area contributed by atoms with Crippen molar-refractivity contribution in [3.63, 3.8) is 0 Å². The number of thiazole rings is 2. The largest absolute Gasteiger partial charge is 0.443 e. The average molecular weight is 405 g/mol. The highest BCUT2D eigenvalue weighted by atomic mass is 32.1. The summed E-state index contributed by atoms with van der Waals surface area (Å²) in [5.41, 5.74) is -0.409. The van der Waals surface area contributed by atoms with Gasteiger partial charge in [0, 0.05) is 33.0 Å². The molecule has 0 atom stereocenters. The van der Waals surface area contributed by atoms with Crippen LogP contribution in [0.15, 0.2) is 12.4 Å². The second kappa shape index (κ2) is 6.89. The molecule has 0 bridgehead atoms. The van der Waals surface area contributed by atoms with Crippen molar-refractivity contribution < 1.29 is 13.2 Å². The fourth-order valence-corrected chi connectivity index (χ4v) is 4.52. The van der Waals surface area contributed by atoms with Gasteiger partial charge < -0.3 is 0 Å². The lowest BCUT2D eigenvalue weighted by Gasteiger charge is -2.29. The molecule has 0 N–H and O–H groups in total. The molecular formula is C19H27F3N2S2. The predicted molar refractivity (Wildman–Crippen MR) is 103 cm³/mol. The van der Waals surface area contributed by atoms with Crippen molar-refractivity contribution in [1.29, 1.82) is 0 Å². The first-order valence-electron chi connectivity index (χ1n) is 8.63. The lowest BCUT2D eigenvalue weighted by atomic mass is 9.79. The first-order chi connectivity index (χ1) is 11.6. The highest BCUT2D eigenvalue weighted by molar-refractivity contribution is 7.12. The summed E-state index contributed by atoms with van der Waals surface area (Å²) in [6.07, 6.45) is 0.566. The van der Waals surface area contributed by atoms with Crippen LogP contribution in [0.3, 0.4) is 0 Å². The molecule has 0 fully saturated rings. The van der Waals surface area contributed by atoms with Crippen LogP contribution in [0, 0.1) is 0 Å². The Labute approximate surface area is 161 Å². The fourth-order valence-electron chi connectivity index (χ4n) is 2.51. The number of aromatic nitrogens is 2. The van der Waals surface area contributed by atoms with Crippen LogP contribution in [0.2, 0.25) is 0 Å². The maximum atomic E-state index is 12.8. The first kappa shape index (κ1) is 21.4. The SMILES string of the molecule is CC(C)(C)c1cnc(C(C)(C)CCC(C)(C)c2cnc(C(F)(F)F)s2)s1. The van der Waals surface area contributed by atoms with E-state index in [1.807, 2.05) is 20.0 Å². The highest BCUT2D eigenvalue weighted by Crippen LogP contribution is 2.42. The Morgan fingerprint density at radius 2 is 1.19 bits per heavy atom. The van der Waals surface area contributed by atoms with E-state index in [0.29, 0.717) is 4.88 Å². The smallest absolute Gasteiger partial charge is 0.249 e. The molecule has 2 aromatic rings. The molecule has 0 amide bonds. The van der Waals surface area contributed by atoms with Gasteiger partial charge >= 0.3 is 6.18 Å². The summed E-state index contributed by atoms with van der Waals surface area (Å²) in [6.45, 7) is 14.8. The Balaban J connectivity index is 2.12. The molecule has 0 saturated carbocycles. The Morgan fingerprint density at radius 1 is 0.731 bits per heavy atom. The summed E-state index contributed by atoms with van der Waals surface area (Å²) < 4.78 is 38.5. The molecule has 2 aromatic heterocycles. The number of alkyl halides is 3. The van der Waals surface area contributed by atoms with E-state index in [4.69, 9.17) is 0 Å². The summed E-state index contributed by atoms with van der Waals surface area (Å²) in [7, 11) is 0. The molecule has 2 heterocycles. The minimum atomic E-state index is -4.37. The zero-order chi connectivity index (χ0) is 20.0. The van der Waals surface area contributed by atoms with Gasteiger partial charge in [0.15, 0.2) is 5.01 Å². The van der Waals surface area contributed by atoms with E-state index in [0.717, 1.165) is 29.2 Å². The standard InChI is InChI=1S/C19H27F3N2S2/c1-16(2,3)12-10-23-14(25-12)18(6,7)9-8-17(4,5)13-11-24-15(26-13)19(20,21)22/h10-11H,8-9H2,1-7H3. The van der Waals surface area contributed by atoms with Crippen LogP contribution in [0.25, 0.3) is 0 Å². The minimum absolute atomic E-state index is 0.0713. The van der Waals surface area contributed by atoms with E-state index in [-0.39, 0.29) is 16.2 Å². The van der Waals surface area contributed by atoms with Crippen LogP contribution >= 0.6 is 22.7 Å². The van der Waals surface area contributed by atoms with Gasteiger partial charge in [0.1, 0.15) is 0 Å². The number of halogens is 3. The van der Waals surface area contributed by atoms with Crippen LogP contribution in [0.5, 0.6) is 0 Å². The topological polar surface area (TPSA) is 25.8 Å². The van der Waals surface area contributed by atoms with Crippen LogP contribution in [-0.4, -0.2) is 9.97 Å². The van der Waals surface area contributed by atoms with Gasteiger partial charge in [0.2, 0.25) is 0 Å². The number of rotatable bonds is 5.